The second-order valence-electron chi connectivity index (χ2n) is 6.26. The molecule has 0 atom stereocenters. The van der Waals surface area contributed by atoms with E-state index in [4.69, 9.17) is 4.74 Å². The van der Waals surface area contributed by atoms with Crippen molar-refractivity contribution in [3.05, 3.63) is 89.2 Å². The summed E-state index contributed by atoms with van der Waals surface area (Å²) >= 11 is 0. The average molecular weight is 361 g/mol. The monoisotopic (exact) mass is 361 g/mol. The van der Waals surface area contributed by atoms with E-state index in [1.807, 2.05) is 61.5 Å². The molecule has 3 aromatic rings. The van der Waals surface area contributed by atoms with Crippen LogP contribution >= 0.6 is 0 Å². The fourth-order valence-corrected chi connectivity index (χ4v) is 2.69. The Labute approximate surface area is 159 Å². The van der Waals surface area contributed by atoms with E-state index >= 15 is 0 Å². The number of hydrogen-bond acceptors (Lipinski definition) is 4. The maximum atomic E-state index is 12.4. The maximum Gasteiger partial charge on any atom is 0.270 e. The molecule has 1 heterocycles. The number of para-hydroxylation sites is 1. The summed E-state index contributed by atoms with van der Waals surface area (Å²) in [5.41, 5.74) is 4.51. The Balaban J connectivity index is 1.60. The average Bonchev–Trinajstić information content (AvgIpc) is 2.72. The third-order valence-electron chi connectivity index (χ3n) is 4.24. The molecule has 138 valence electrons. The third kappa shape index (κ3) is 5.07. The molecule has 0 aliphatic carbocycles. The summed E-state index contributed by atoms with van der Waals surface area (Å²) in [4.78, 5) is 16.6. The van der Waals surface area contributed by atoms with Gasteiger partial charge in [0.25, 0.3) is 5.91 Å². The van der Waals surface area contributed by atoms with Crippen molar-refractivity contribution in [3.8, 4) is 5.75 Å². The molecular formula is C22H23N3O2. The molecule has 27 heavy (non-hydrogen) atoms. The molecule has 3 rings (SSSR count). The van der Waals surface area contributed by atoms with E-state index in [0.717, 1.165) is 22.6 Å². The van der Waals surface area contributed by atoms with Gasteiger partial charge >= 0.3 is 0 Å². The van der Waals surface area contributed by atoms with E-state index in [0.29, 0.717) is 18.8 Å². The van der Waals surface area contributed by atoms with Crippen LogP contribution in [-0.2, 0) is 13.1 Å². The first-order chi connectivity index (χ1) is 13.2. The van der Waals surface area contributed by atoms with Crippen molar-refractivity contribution in [3.63, 3.8) is 0 Å². The summed E-state index contributed by atoms with van der Waals surface area (Å²) in [7, 11) is 1.65. The normalized spacial score (nSPS) is 10.3. The molecule has 0 saturated carbocycles. The molecule has 1 aromatic heterocycles. The number of methoxy groups -OCH3 is 1. The Morgan fingerprint density at radius 2 is 1.81 bits per heavy atom. The summed E-state index contributed by atoms with van der Waals surface area (Å²) in [5.74, 6) is 0.631. The summed E-state index contributed by atoms with van der Waals surface area (Å²) in [6.45, 7) is 3.11. The van der Waals surface area contributed by atoms with Crippen molar-refractivity contribution in [2.45, 2.75) is 20.0 Å². The molecule has 0 unspecified atom stereocenters. The highest BCUT2D eigenvalue weighted by molar-refractivity contribution is 5.93. The van der Waals surface area contributed by atoms with Gasteiger partial charge in [0.05, 0.1) is 7.11 Å². The molecule has 0 saturated heterocycles. The summed E-state index contributed by atoms with van der Waals surface area (Å²) < 4.78 is 5.36. The van der Waals surface area contributed by atoms with Crippen LogP contribution in [0, 0.1) is 6.92 Å². The van der Waals surface area contributed by atoms with Gasteiger partial charge in [-0.05, 0) is 30.7 Å². The lowest BCUT2D eigenvalue weighted by molar-refractivity contribution is 0.0946. The lowest BCUT2D eigenvalue weighted by atomic mass is 10.1. The van der Waals surface area contributed by atoms with Crippen molar-refractivity contribution in [1.29, 1.82) is 0 Å². The molecule has 0 radical (unpaired) electrons. The van der Waals surface area contributed by atoms with Crippen LogP contribution in [0.2, 0.25) is 0 Å². The number of carbonyl (C=O) groups is 1. The number of benzene rings is 2. The number of carbonyl (C=O) groups excluding carboxylic acids is 1. The topological polar surface area (TPSA) is 63.2 Å². The van der Waals surface area contributed by atoms with Gasteiger partial charge in [0, 0.05) is 30.5 Å². The minimum Gasteiger partial charge on any atom is -0.496 e. The largest absolute Gasteiger partial charge is 0.496 e. The van der Waals surface area contributed by atoms with Crippen LogP contribution in [0.25, 0.3) is 0 Å². The molecule has 0 aliphatic rings. The Morgan fingerprint density at radius 1 is 1.04 bits per heavy atom. The van der Waals surface area contributed by atoms with Gasteiger partial charge in [0.1, 0.15) is 11.4 Å². The van der Waals surface area contributed by atoms with Crippen molar-refractivity contribution >= 4 is 11.6 Å². The van der Waals surface area contributed by atoms with Gasteiger partial charge in [0.15, 0.2) is 0 Å². The van der Waals surface area contributed by atoms with Crippen LogP contribution in [0.15, 0.2) is 66.9 Å². The SMILES string of the molecule is COc1ccccc1CNc1ccnc(C(=O)NCc2ccc(C)cc2)c1. The van der Waals surface area contributed by atoms with E-state index in [1.165, 1.54) is 5.56 Å². The molecule has 5 nitrogen and oxygen atoms in total. The van der Waals surface area contributed by atoms with E-state index in [-0.39, 0.29) is 5.91 Å². The maximum absolute atomic E-state index is 12.4. The zero-order valence-corrected chi connectivity index (χ0v) is 15.5. The molecule has 1 amide bonds. The van der Waals surface area contributed by atoms with Gasteiger partial charge in [-0.2, -0.15) is 0 Å². The van der Waals surface area contributed by atoms with Gasteiger partial charge < -0.3 is 15.4 Å². The van der Waals surface area contributed by atoms with E-state index in [2.05, 4.69) is 15.6 Å². The first-order valence-corrected chi connectivity index (χ1v) is 8.81. The second kappa shape index (κ2) is 8.85. The molecule has 5 heteroatoms. The summed E-state index contributed by atoms with van der Waals surface area (Å²) in [6, 6.07) is 19.5. The van der Waals surface area contributed by atoms with Gasteiger partial charge in [-0.3, -0.25) is 9.78 Å². The lowest BCUT2D eigenvalue weighted by Crippen LogP contribution is -2.23. The fourth-order valence-electron chi connectivity index (χ4n) is 2.69. The summed E-state index contributed by atoms with van der Waals surface area (Å²) in [5, 5.41) is 6.22. The highest BCUT2D eigenvalue weighted by atomic mass is 16.5. The van der Waals surface area contributed by atoms with Crippen molar-refractivity contribution in [1.82, 2.24) is 10.3 Å². The molecule has 2 N–H and O–H groups in total. The molecule has 0 spiro atoms. The van der Waals surface area contributed by atoms with Crippen LogP contribution in [0.5, 0.6) is 5.75 Å². The van der Waals surface area contributed by atoms with Crippen molar-refractivity contribution < 1.29 is 9.53 Å². The van der Waals surface area contributed by atoms with Crippen LogP contribution in [0.3, 0.4) is 0 Å². The molecule has 0 fully saturated rings. The number of amides is 1. The van der Waals surface area contributed by atoms with E-state index in [9.17, 15) is 4.79 Å². The Hall–Kier alpha value is -3.34. The number of pyridine rings is 1. The Kier molecular flexibility index (Phi) is 6.05. The zero-order valence-electron chi connectivity index (χ0n) is 15.5. The van der Waals surface area contributed by atoms with Crippen LogP contribution in [0.4, 0.5) is 5.69 Å². The minimum absolute atomic E-state index is 0.198. The molecule has 2 aromatic carbocycles. The van der Waals surface area contributed by atoms with Gasteiger partial charge in [-0.25, -0.2) is 0 Å². The van der Waals surface area contributed by atoms with Crippen molar-refractivity contribution in [2.75, 3.05) is 12.4 Å². The lowest BCUT2D eigenvalue weighted by Gasteiger charge is -2.11. The predicted molar refractivity (Wildman–Crippen MR) is 107 cm³/mol. The molecular weight excluding hydrogens is 338 g/mol. The molecule has 0 bridgehead atoms. The molecule has 0 aliphatic heterocycles. The number of hydrogen-bond donors (Lipinski definition) is 2. The highest BCUT2D eigenvalue weighted by Crippen LogP contribution is 2.19. The smallest absolute Gasteiger partial charge is 0.270 e. The van der Waals surface area contributed by atoms with E-state index in [1.54, 1.807) is 19.4 Å². The second-order valence-corrected chi connectivity index (χ2v) is 6.26. The number of nitrogens with one attached hydrogen (secondary N) is 2. The number of aromatic nitrogens is 1. The number of aryl methyl sites for hydroxylation is 1. The first-order valence-electron chi connectivity index (χ1n) is 8.81. The fraction of sp³-hybridized carbons (Fsp3) is 0.182. The third-order valence-corrected chi connectivity index (χ3v) is 4.24. The standard InChI is InChI=1S/C22H23N3O2/c1-16-7-9-17(10-8-16)14-25-22(26)20-13-19(11-12-23-20)24-15-18-5-3-4-6-21(18)27-2/h3-13H,14-15H2,1-2H3,(H,23,24)(H,25,26). The minimum atomic E-state index is -0.198. The van der Waals surface area contributed by atoms with Gasteiger partial charge in [0.2, 0.25) is 0 Å². The van der Waals surface area contributed by atoms with Gasteiger partial charge in [-0.15, -0.1) is 0 Å². The quantitative estimate of drug-likeness (QED) is 0.669. The van der Waals surface area contributed by atoms with E-state index < -0.39 is 0 Å². The highest BCUT2D eigenvalue weighted by Gasteiger charge is 2.08. The Bertz CT molecular complexity index is 907. The van der Waals surface area contributed by atoms with Crippen LogP contribution in [-0.4, -0.2) is 18.0 Å². The van der Waals surface area contributed by atoms with Crippen LogP contribution in [0.1, 0.15) is 27.2 Å². The number of ether oxygens (including phenoxy) is 1. The Morgan fingerprint density at radius 3 is 2.59 bits per heavy atom. The number of nitrogens with zero attached hydrogens (tertiary/aromatic N) is 1. The number of anilines is 1. The van der Waals surface area contributed by atoms with Crippen LogP contribution < -0.4 is 15.4 Å². The summed E-state index contributed by atoms with van der Waals surface area (Å²) in [6.07, 6.45) is 1.63. The first kappa shape index (κ1) is 18.5. The number of rotatable bonds is 7. The predicted octanol–water partition coefficient (Wildman–Crippen LogP) is 3.94. The zero-order chi connectivity index (χ0) is 19.1. The van der Waals surface area contributed by atoms with Gasteiger partial charge in [-0.1, -0.05) is 48.0 Å². The van der Waals surface area contributed by atoms with Crippen molar-refractivity contribution in [2.24, 2.45) is 0 Å².